The summed E-state index contributed by atoms with van der Waals surface area (Å²) in [5, 5.41) is 11.1. The Morgan fingerprint density at radius 3 is 2.67 bits per heavy atom. The average molecular weight is 328 g/mol. The van der Waals surface area contributed by atoms with Gasteiger partial charge in [-0.25, -0.2) is 9.97 Å². The molecule has 8 heteroatoms. The second kappa shape index (κ2) is 7.03. The van der Waals surface area contributed by atoms with Crippen molar-refractivity contribution in [3.8, 4) is 5.88 Å². The molecule has 0 unspecified atom stereocenters. The number of benzene rings is 1. The molecule has 0 aliphatic carbocycles. The number of piperidine rings is 1. The molecular formula is C16H16N4O4. The van der Waals surface area contributed by atoms with Gasteiger partial charge in [0.25, 0.3) is 11.6 Å². The largest absolute Gasteiger partial charge is 0.474 e. The van der Waals surface area contributed by atoms with E-state index in [2.05, 4.69) is 9.97 Å². The minimum absolute atomic E-state index is 0.0327. The van der Waals surface area contributed by atoms with Crippen LogP contribution in [-0.4, -0.2) is 44.9 Å². The molecule has 3 rings (SSSR count). The molecule has 1 aliphatic heterocycles. The standard InChI is InChI=1S/C16H16N4O4/c21-16(13-3-1-2-4-14(13)20(22)23)19-9-6-12(7-10-19)24-15-5-8-17-11-18-15/h1-5,8,11-12H,6-7,9-10H2. The number of nitrogens with zero attached hydrogens (tertiary/aromatic N) is 4. The van der Waals surface area contributed by atoms with Crippen LogP contribution in [0.4, 0.5) is 5.69 Å². The van der Waals surface area contributed by atoms with Crippen molar-refractivity contribution in [1.29, 1.82) is 0 Å². The van der Waals surface area contributed by atoms with Crippen LogP contribution in [0.25, 0.3) is 0 Å². The number of para-hydroxylation sites is 1. The minimum atomic E-state index is -0.530. The smallest absolute Gasteiger partial charge is 0.282 e. The molecule has 0 saturated carbocycles. The lowest BCUT2D eigenvalue weighted by molar-refractivity contribution is -0.385. The maximum atomic E-state index is 12.6. The Kier molecular flexibility index (Phi) is 4.64. The van der Waals surface area contributed by atoms with E-state index in [1.165, 1.54) is 18.5 Å². The van der Waals surface area contributed by atoms with Gasteiger partial charge in [-0.2, -0.15) is 0 Å². The second-order valence-corrected chi connectivity index (χ2v) is 5.43. The number of hydrogen-bond donors (Lipinski definition) is 0. The van der Waals surface area contributed by atoms with E-state index in [0.717, 1.165) is 0 Å². The fraction of sp³-hybridized carbons (Fsp3) is 0.312. The highest BCUT2D eigenvalue weighted by atomic mass is 16.6. The summed E-state index contributed by atoms with van der Waals surface area (Å²) in [5.41, 5.74) is -0.0421. The third-order valence-electron chi connectivity index (χ3n) is 3.90. The maximum Gasteiger partial charge on any atom is 0.282 e. The van der Waals surface area contributed by atoms with Gasteiger partial charge >= 0.3 is 0 Å². The number of carbonyl (C=O) groups is 1. The van der Waals surface area contributed by atoms with Crippen molar-refractivity contribution < 1.29 is 14.5 Å². The van der Waals surface area contributed by atoms with Crippen LogP contribution in [-0.2, 0) is 0 Å². The number of aromatic nitrogens is 2. The Morgan fingerprint density at radius 1 is 1.25 bits per heavy atom. The number of likely N-dealkylation sites (tertiary alicyclic amines) is 1. The Balaban J connectivity index is 1.62. The van der Waals surface area contributed by atoms with Gasteiger partial charge < -0.3 is 9.64 Å². The van der Waals surface area contributed by atoms with Crippen molar-refractivity contribution >= 4 is 11.6 Å². The summed E-state index contributed by atoms with van der Waals surface area (Å²) in [7, 11) is 0. The molecule has 1 aromatic heterocycles. The number of rotatable bonds is 4. The van der Waals surface area contributed by atoms with Gasteiger partial charge in [0.05, 0.1) is 4.92 Å². The SMILES string of the molecule is O=C(c1ccccc1[N+](=O)[O-])N1CCC(Oc2ccncn2)CC1. The molecule has 8 nitrogen and oxygen atoms in total. The number of carbonyl (C=O) groups excluding carboxylic acids is 1. The van der Waals surface area contributed by atoms with E-state index in [4.69, 9.17) is 4.74 Å². The van der Waals surface area contributed by atoms with Crippen LogP contribution >= 0.6 is 0 Å². The summed E-state index contributed by atoms with van der Waals surface area (Å²) in [6.45, 7) is 0.973. The van der Waals surface area contributed by atoms with Gasteiger partial charge in [0.2, 0.25) is 5.88 Å². The van der Waals surface area contributed by atoms with Crippen LogP contribution in [0.1, 0.15) is 23.2 Å². The fourth-order valence-corrected chi connectivity index (χ4v) is 2.68. The Morgan fingerprint density at radius 2 is 2.00 bits per heavy atom. The highest BCUT2D eigenvalue weighted by molar-refractivity contribution is 5.98. The molecule has 1 aromatic carbocycles. The highest BCUT2D eigenvalue weighted by Gasteiger charge is 2.28. The van der Waals surface area contributed by atoms with Crippen molar-refractivity contribution in [2.75, 3.05) is 13.1 Å². The molecule has 0 atom stereocenters. The number of nitro benzene ring substituents is 1. The fourth-order valence-electron chi connectivity index (χ4n) is 2.68. The number of amides is 1. The first-order valence-electron chi connectivity index (χ1n) is 7.60. The Hall–Kier alpha value is -3.03. The lowest BCUT2D eigenvalue weighted by Gasteiger charge is -2.31. The number of hydrogen-bond acceptors (Lipinski definition) is 6. The summed E-state index contributed by atoms with van der Waals surface area (Å²) in [6, 6.07) is 7.70. The average Bonchev–Trinajstić information content (AvgIpc) is 2.62. The molecule has 2 heterocycles. The molecule has 0 radical (unpaired) electrons. The lowest BCUT2D eigenvalue weighted by Crippen LogP contribution is -2.42. The van der Waals surface area contributed by atoms with Gasteiger partial charge in [0, 0.05) is 44.3 Å². The molecule has 0 N–H and O–H groups in total. The van der Waals surface area contributed by atoms with Crippen molar-refractivity contribution in [2.45, 2.75) is 18.9 Å². The molecule has 124 valence electrons. The van der Waals surface area contributed by atoms with Crippen molar-refractivity contribution in [3.05, 3.63) is 58.5 Å². The molecule has 24 heavy (non-hydrogen) atoms. The first kappa shape index (κ1) is 15.9. The summed E-state index contributed by atoms with van der Waals surface area (Å²) < 4.78 is 5.75. The topological polar surface area (TPSA) is 98.5 Å². The van der Waals surface area contributed by atoms with Crippen LogP contribution in [0, 0.1) is 10.1 Å². The summed E-state index contributed by atoms with van der Waals surface area (Å²) in [6.07, 6.45) is 4.29. The first-order chi connectivity index (χ1) is 11.6. The van der Waals surface area contributed by atoms with Crippen molar-refractivity contribution in [3.63, 3.8) is 0 Å². The molecule has 1 saturated heterocycles. The molecule has 1 aliphatic rings. The van der Waals surface area contributed by atoms with E-state index in [-0.39, 0.29) is 23.3 Å². The molecule has 0 bridgehead atoms. The highest BCUT2D eigenvalue weighted by Crippen LogP contribution is 2.23. The third kappa shape index (κ3) is 3.48. The van der Waals surface area contributed by atoms with Crippen LogP contribution in [0.5, 0.6) is 5.88 Å². The summed E-state index contributed by atoms with van der Waals surface area (Å²) in [5.74, 6) is 0.191. The van der Waals surface area contributed by atoms with E-state index in [9.17, 15) is 14.9 Å². The summed E-state index contributed by atoms with van der Waals surface area (Å²) >= 11 is 0. The number of nitro groups is 1. The van der Waals surface area contributed by atoms with Crippen LogP contribution in [0.3, 0.4) is 0 Å². The number of ether oxygens (including phenoxy) is 1. The first-order valence-corrected chi connectivity index (χ1v) is 7.60. The van der Waals surface area contributed by atoms with Gasteiger partial charge in [-0.15, -0.1) is 0 Å². The maximum absolute atomic E-state index is 12.6. The van der Waals surface area contributed by atoms with E-state index in [1.54, 1.807) is 29.3 Å². The molecule has 1 amide bonds. The van der Waals surface area contributed by atoms with Gasteiger partial charge in [-0.1, -0.05) is 12.1 Å². The van der Waals surface area contributed by atoms with Crippen molar-refractivity contribution in [2.24, 2.45) is 0 Å². The van der Waals surface area contributed by atoms with Crippen LogP contribution in [0.2, 0.25) is 0 Å². The zero-order valence-corrected chi connectivity index (χ0v) is 12.9. The van der Waals surface area contributed by atoms with E-state index >= 15 is 0 Å². The van der Waals surface area contributed by atoms with Crippen molar-refractivity contribution in [1.82, 2.24) is 14.9 Å². The molecule has 1 fully saturated rings. The van der Waals surface area contributed by atoms with Gasteiger partial charge in [-0.05, 0) is 6.07 Å². The van der Waals surface area contributed by atoms with Gasteiger partial charge in [0.15, 0.2) is 0 Å². The van der Waals surface area contributed by atoms with E-state index < -0.39 is 4.92 Å². The quantitative estimate of drug-likeness (QED) is 0.629. The minimum Gasteiger partial charge on any atom is -0.474 e. The molecule has 2 aromatic rings. The lowest BCUT2D eigenvalue weighted by atomic mass is 10.1. The van der Waals surface area contributed by atoms with Crippen LogP contribution < -0.4 is 4.74 Å². The Labute approximate surface area is 138 Å². The monoisotopic (exact) mass is 328 g/mol. The predicted octanol–water partition coefficient (Wildman–Crippen LogP) is 2.07. The predicted molar refractivity (Wildman–Crippen MR) is 84.7 cm³/mol. The normalized spacial score (nSPS) is 15.1. The van der Waals surface area contributed by atoms with Gasteiger partial charge in [0.1, 0.15) is 18.0 Å². The van der Waals surface area contributed by atoms with E-state index in [0.29, 0.717) is 31.8 Å². The van der Waals surface area contributed by atoms with E-state index in [1.807, 2.05) is 0 Å². The third-order valence-corrected chi connectivity index (χ3v) is 3.90. The molecular weight excluding hydrogens is 312 g/mol. The summed E-state index contributed by atoms with van der Waals surface area (Å²) in [4.78, 5) is 32.6. The second-order valence-electron chi connectivity index (χ2n) is 5.43. The zero-order valence-electron chi connectivity index (χ0n) is 12.9. The molecule has 0 spiro atoms. The zero-order chi connectivity index (χ0) is 16.9. The van der Waals surface area contributed by atoms with Crippen LogP contribution in [0.15, 0.2) is 42.9 Å². The Bertz CT molecular complexity index is 730. The van der Waals surface area contributed by atoms with Gasteiger partial charge in [-0.3, -0.25) is 14.9 Å².